The summed E-state index contributed by atoms with van der Waals surface area (Å²) in [4.78, 5) is 24.7. The second-order valence-electron chi connectivity index (χ2n) is 8.25. The molecule has 2 aliphatic rings. The topological polar surface area (TPSA) is 52.6 Å². The van der Waals surface area contributed by atoms with Crippen LogP contribution in [0.4, 0.5) is 0 Å². The number of hydrogen-bond donors (Lipinski definition) is 0. The number of halogens is 2. The Bertz CT molecular complexity index is 928. The van der Waals surface area contributed by atoms with Gasteiger partial charge in [-0.05, 0) is 75.1 Å². The van der Waals surface area contributed by atoms with E-state index in [1.165, 1.54) is 0 Å². The van der Waals surface area contributed by atoms with Gasteiger partial charge in [-0.3, -0.25) is 4.79 Å². The summed E-state index contributed by atoms with van der Waals surface area (Å²) < 4.78 is 10.6. The molecule has 2 saturated carbocycles. The number of esters is 1. The fourth-order valence-electron chi connectivity index (χ4n) is 3.18. The quantitative estimate of drug-likeness (QED) is 0.243. The number of ketones is 1. The second-order valence-corrected chi connectivity index (χ2v) is 9.79. The third-order valence-corrected chi connectivity index (χ3v) is 6.11. The minimum atomic E-state index is -1.19. The van der Waals surface area contributed by atoms with Crippen LogP contribution in [0.1, 0.15) is 54.9 Å². The highest BCUT2D eigenvalue weighted by Gasteiger charge is 2.52. The molecule has 1 unspecified atom stereocenters. The van der Waals surface area contributed by atoms with E-state index in [9.17, 15) is 9.59 Å². The van der Waals surface area contributed by atoms with Crippen molar-refractivity contribution < 1.29 is 19.1 Å². The lowest BCUT2D eigenvalue weighted by Crippen LogP contribution is -2.41. The Morgan fingerprint density at radius 2 is 1.52 bits per heavy atom. The molecule has 4 nitrogen and oxygen atoms in total. The standard InChI is InChI=1S/C23H22Cl2O4/c1-22(2,29-18-11-5-14(6-12-18)19-13-23(19,24)25)21(27)28-17-9-7-16(8-10-17)20(26)15-3-4-15/h5-12,15,19H,3-4,13H2,1-2H3. The Morgan fingerprint density at radius 1 is 0.966 bits per heavy atom. The smallest absolute Gasteiger partial charge is 0.355 e. The van der Waals surface area contributed by atoms with Crippen molar-refractivity contribution in [3.05, 3.63) is 59.7 Å². The fraction of sp³-hybridized carbons (Fsp3) is 0.391. The molecule has 6 heteroatoms. The summed E-state index contributed by atoms with van der Waals surface area (Å²) >= 11 is 12.2. The van der Waals surface area contributed by atoms with Crippen LogP contribution in [0, 0.1) is 5.92 Å². The van der Waals surface area contributed by atoms with E-state index in [-0.39, 0.29) is 17.6 Å². The Kier molecular flexibility index (Phi) is 5.12. The van der Waals surface area contributed by atoms with E-state index in [0.717, 1.165) is 24.8 Å². The minimum Gasteiger partial charge on any atom is -0.476 e. The Hall–Kier alpha value is -2.04. The first kappa shape index (κ1) is 20.2. The summed E-state index contributed by atoms with van der Waals surface area (Å²) in [5.41, 5.74) is 0.506. The maximum Gasteiger partial charge on any atom is 0.355 e. The van der Waals surface area contributed by atoms with Crippen LogP contribution in [0.2, 0.25) is 0 Å². The molecule has 0 bridgehead atoms. The molecule has 152 valence electrons. The largest absolute Gasteiger partial charge is 0.476 e. The highest BCUT2D eigenvalue weighted by Crippen LogP contribution is 2.59. The van der Waals surface area contributed by atoms with Crippen LogP contribution in [0.25, 0.3) is 0 Å². The van der Waals surface area contributed by atoms with Gasteiger partial charge in [-0.25, -0.2) is 4.79 Å². The first-order chi connectivity index (χ1) is 13.7. The molecule has 2 aromatic rings. The maximum absolute atomic E-state index is 12.6. The van der Waals surface area contributed by atoms with Gasteiger partial charge in [0.15, 0.2) is 5.78 Å². The first-order valence-corrected chi connectivity index (χ1v) is 10.4. The van der Waals surface area contributed by atoms with Crippen molar-refractivity contribution in [2.24, 2.45) is 5.92 Å². The van der Waals surface area contributed by atoms with E-state index < -0.39 is 15.9 Å². The first-order valence-electron chi connectivity index (χ1n) is 9.69. The van der Waals surface area contributed by atoms with E-state index in [0.29, 0.717) is 17.1 Å². The number of carbonyl (C=O) groups excluding carboxylic acids is 2. The number of rotatable bonds is 7. The molecule has 29 heavy (non-hydrogen) atoms. The number of Topliss-reactive ketones (excluding diaryl/α,β-unsaturated/α-hetero) is 1. The van der Waals surface area contributed by atoms with Crippen LogP contribution in [0.15, 0.2) is 48.5 Å². The van der Waals surface area contributed by atoms with Crippen LogP contribution in [0.5, 0.6) is 11.5 Å². The summed E-state index contributed by atoms with van der Waals surface area (Å²) in [5.74, 6) is 0.854. The minimum absolute atomic E-state index is 0.132. The van der Waals surface area contributed by atoms with Crippen LogP contribution in [-0.4, -0.2) is 21.7 Å². The zero-order chi connectivity index (χ0) is 20.8. The molecule has 0 spiro atoms. The van der Waals surface area contributed by atoms with Gasteiger partial charge in [0, 0.05) is 17.4 Å². The molecule has 0 saturated heterocycles. The highest BCUT2D eigenvalue weighted by molar-refractivity contribution is 6.51. The van der Waals surface area contributed by atoms with Gasteiger partial charge in [-0.1, -0.05) is 12.1 Å². The third kappa shape index (κ3) is 4.59. The van der Waals surface area contributed by atoms with E-state index in [2.05, 4.69) is 0 Å². The molecular formula is C23H22Cl2O4. The maximum atomic E-state index is 12.6. The molecule has 0 aliphatic heterocycles. The molecule has 2 aromatic carbocycles. The SMILES string of the molecule is CC(C)(Oc1ccc(C2CC2(Cl)Cl)cc1)C(=O)Oc1ccc(C(=O)C2CC2)cc1. The fourth-order valence-corrected chi connectivity index (χ4v) is 3.74. The van der Waals surface area contributed by atoms with Gasteiger partial charge in [0.05, 0.1) is 0 Å². The van der Waals surface area contributed by atoms with Gasteiger partial charge in [-0.15, -0.1) is 23.2 Å². The van der Waals surface area contributed by atoms with Gasteiger partial charge in [0.1, 0.15) is 15.8 Å². The van der Waals surface area contributed by atoms with Crippen molar-refractivity contribution >= 4 is 35.0 Å². The Labute approximate surface area is 180 Å². The molecule has 0 radical (unpaired) electrons. The molecule has 0 amide bonds. The van der Waals surface area contributed by atoms with Crippen LogP contribution in [-0.2, 0) is 4.79 Å². The molecule has 0 N–H and O–H groups in total. The van der Waals surface area contributed by atoms with Crippen LogP contribution >= 0.6 is 23.2 Å². The third-order valence-electron chi connectivity index (χ3n) is 5.27. The second kappa shape index (κ2) is 7.33. The van der Waals surface area contributed by atoms with E-state index in [1.807, 2.05) is 12.1 Å². The molecule has 0 heterocycles. The van der Waals surface area contributed by atoms with Gasteiger partial charge >= 0.3 is 5.97 Å². The van der Waals surface area contributed by atoms with E-state index in [1.54, 1.807) is 50.2 Å². The predicted molar refractivity (Wildman–Crippen MR) is 112 cm³/mol. The molecule has 1 atom stereocenters. The zero-order valence-corrected chi connectivity index (χ0v) is 17.8. The average Bonchev–Trinajstić information content (AvgIpc) is 3.59. The average molecular weight is 433 g/mol. The molecule has 2 fully saturated rings. The molecule has 0 aromatic heterocycles. The lowest BCUT2D eigenvalue weighted by Gasteiger charge is -2.24. The van der Waals surface area contributed by atoms with Crippen molar-refractivity contribution in [2.75, 3.05) is 0 Å². The number of benzene rings is 2. The van der Waals surface area contributed by atoms with Crippen molar-refractivity contribution in [3.8, 4) is 11.5 Å². The van der Waals surface area contributed by atoms with Crippen LogP contribution < -0.4 is 9.47 Å². The lowest BCUT2D eigenvalue weighted by molar-refractivity contribution is -0.149. The summed E-state index contributed by atoms with van der Waals surface area (Å²) in [6.45, 7) is 3.30. The van der Waals surface area contributed by atoms with Gasteiger partial charge in [0.2, 0.25) is 5.60 Å². The summed E-state index contributed by atoms with van der Waals surface area (Å²) in [6, 6.07) is 14.1. The predicted octanol–water partition coefficient (Wildman–Crippen LogP) is 5.70. The van der Waals surface area contributed by atoms with E-state index in [4.69, 9.17) is 32.7 Å². The van der Waals surface area contributed by atoms with Crippen molar-refractivity contribution in [1.82, 2.24) is 0 Å². The normalized spacial score (nSPS) is 20.1. The molecule has 4 rings (SSSR count). The van der Waals surface area contributed by atoms with E-state index >= 15 is 0 Å². The van der Waals surface area contributed by atoms with Gasteiger partial charge in [0.25, 0.3) is 0 Å². The number of hydrogen-bond acceptors (Lipinski definition) is 4. The molecule has 2 aliphatic carbocycles. The summed E-state index contributed by atoms with van der Waals surface area (Å²) in [5, 5.41) is 0. The number of alkyl halides is 2. The lowest BCUT2D eigenvalue weighted by atomic mass is 10.1. The number of ether oxygens (including phenoxy) is 2. The molecular weight excluding hydrogens is 411 g/mol. The zero-order valence-electron chi connectivity index (χ0n) is 16.3. The monoisotopic (exact) mass is 432 g/mol. The van der Waals surface area contributed by atoms with Crippen LogP contribution in [0.3, 0.4) is 0 Å². The van der Waals surface area contributed by atoms with Gasteiger partial charge in [-0.2, -0.15) is 0 Å². The van der Waals surface area contributed by atoms with Crippen molar-refractivity contribution in [3.63, 3.8) is 0 Å². The summed E-state index contributed by atoms with van der Waals surface area (Å²) in [6.07, 6.45) is 2.65. The summed E-state index contributed by atoms with van der Waals surface area (Å²) in [7, 11) is 0. The van der Waals surface area contributed by atoms with Gasteiger partial charge < -0.3 is 9.47 Å². The highest BCUT2D eigenvalue weighted by atomic mass is 35.5. The van der Waals surface area contributed by atoms with Crippen molar-refractivity contribution in [2.45, 2.75) is 49.0 Å². The Morgan fingerprint density at radius 3 is 2.03 bits per heavy atom. The van der Waals surface area contributed by atoms with Crippen molar-refractivity contribution in [1.29, 1.82) is 0 Å². The Balaban J connectivity index is 1.36. The number of carbonyl (C=O) groups is 2.